The Hall–Kier alpha value is -2.41. The molecule has 21 heavy (non-hydrogen) atoms. The molecule has 0 saturated heterocycles. The van der Waals surface area contributed by atoms with Crippen molar-refractivity contribution in [1.82, 2.24) is 20.1 Å². The number of nitrogens with two attached hydrogens (primary N) is 1. The molecule has 0 fully saturated rings. The summed E-state index contributed by atoms with van der Waals surface area (Å²) in [6.07, 6.45) is 2.23. The van der Waals surface area contributed by atoms with Crippen LogP contribution >= 0.6 is 11.3 Å². The fourth-order valence-corrected chi connectivity index (χ4v) is 3.14. The van der Waals surface area contributed by atoms with Gasteiger partial charge in [0.05, 0.1) is 5.69 Å². The van der Waals surface area contributed by atoms with Crippen molar-refractivity contribution in [3.63, 3.8) is 0 Å². The minimum absolute atomic E-state index is 0.148. The van der Waals surface area contributed by atoms with Gasteiger partial charge in [0, 0.05) is 30.1 Å². The zero-order valence-electron chi connectivity index (χ0n) is 11.5. The average molecular weight is 301 g/mol. The van der Waals surface area contributed by atoms with E-state index in [1.54, 1.807) is 11.0 Å². The lowest BCUT2D eigenvalue weighted by molar-refractivity contribution is 0.0959. The number of hydrogen-bond acceptors (Lipinski definition) is 5. The molecule has 0 aliphatic heterocycles. The van der Waals surface area contributed by atoms with Crippen molar-refractivity contribution in [2.24, 2.45) is 7.05 Å². The molecule has 6 nitrogen and oxygen atoms in total. The van der Waals surface area contributed by atoms with Gasteiger partial charge in [0.15, 0.2) is 5.82 Å². The standard InChI is InChI=1S/C14H15N5OS/c1-19-8-17-11(18-19)6-7-16-14(20)13-12(15)9-4-2-3-5-10(9)21-13/h2-5,8H,6-7,15H2,1H3,(H,16,20). The van der Waals surface area contributed by atoms with Gasteiger partial charge in [-0.1, -0.05) is 18.2 Å². The molecule has 0 saturated carbocycles. The fourth-order valence-electron chi connectivity index (χ4n) is 2.10. The molecule has 0 radical (unpaired) electrons. The van der Waals surface area contributed by atoms with Crippen LogP contribution in [0.3, 0.4) is 0 Å². The van der Waals surface area contributed by atoms with Crippen LogP contribution in [0.1, 0.15) is 15.5 Å². The molecule has 1 aromatic carbocycles. The number of benzene rings is 1. The lowest BCUT2D eigenvalue weighted by atomic mass is 10.2. The lowest BCUT2D eigenvalue weighted by Gasteiger charge is -2.02. The molecular weight excluding hydrogens is 286 g/mol. The van der Waals surface area contributed by atoms with Crippen LogP contribution in [0.25, 0.3) is 10.1 Å². The molecule has 108 valence electrons. The van der Waals surface area contributed by atoms with E-state index in [-0.39, 0.29) is 5.91 Å². The summed E-state index contributed by atoms with van der Waals surface area (Å²) in [5, 5.41) is 7.96. The molecule has 0 aliphatic rings. The number of thiophene rings is 1. The number of nitrogens with zero attached hydrogens (tertiary/aromatic N) is 3. The van der Waals surface area contributed by atoms with Gasteiger partial charge >= 0.3 is 0 Å². The summed E-state index contributed by atoms with van der Waals surface area (Å²) in [7, 11) is 1.81. The maximum Gasteiger partial charge on any atom is 0.263 e. The molecular formula is C14H15N5OS. The maximum atomic E-state index is 12.2. The van der Waals surface area contributed by atoms with Crippen molar-refractivity contribution < 1.29 is 4.79 Å². The van der Waals surface area contributed by atoms with Crippen LogP contribution in [0.15, 0.2) is 30.6 Å². The number of rotatable bonds is 4. The minimum atomic E-state index is -0.148. The van der Waals surface area contributed by atoms with Gasteiger partial charge in [-0.05, 0) is 6.07 Å². The first-order chi connectivity index (χ1) is 10.1. The molecule has 0 bridgehead atoms. The molecule has 1 amide bonds. The molecule has 0 spiro atoms. The van der Waals surface area contributed by atoms with E-state index in [2.05, 4.69) is 15.4 Å². The van der Waals surface area contributed by atoms with E-state index in [4.69, 9.17) is 5.73 Å². The van der Waals surface area contributed by atoms with Crippen molar-refractivity contribution in [1.29, 1.82) is 0 Å². The van der Waals surface area contributed by atoms with Gasteiger partial charge in [-0.25, -0.2) is 4.98 Å². The highest BCUT2D eigenvalue weighted by Crippen LogP contribution is 2.33. The number of aromatic nitrogens is 3. The molecule has 0 aliphatic carbocycles. The van der Waals surface area contributed by atoms with E-state index < -0.39 is 0 Å². The van der Waals surface area contributed by atoms with E-state index >= 15 is 0 Å². The third kappa shape index (κ3) is 2.73. The SMILES string of the molecule is Cn1cnc(CCNC(=O)c2sc3ccccc3c2N)n1. The smallest absolute Gasteiger partial charge is 0.263 e. The third-order valence-electron chi connectivity index (χ3n) is 3.12. The molecule has 3 aromatic rings. The number of amides is 1. The zero-order valence-corrected chi connectivity index (χ0v) is 12.4. The number of carbonyl (C=O) groups excluding carboxylic acids is 1. The first kappa shape index (κ1) is 13.6. The number of hydrogen-bond donors (Lipinski definition) is 2. The van der Waals surface area contributed by atoms with E-state index in [0.29, 0.717) is 29.4 Å². The fraction of sp³-hybridized carbons (Fsp3) is 0.214. The van der Waals surface area contributed by atoms with Crippen LogP contribution in [-0.4, -0.2) is 27.2 Å². The van der Waals surface area contributed by atoms with Gasteiger partial charge in [0.1, 0.15) is 11.2 Å². The Bertz CT molecular complexity index is 792. The number of aryl methyl sites for hydroxylation is 1. The van der Waals surface area contributed by atoms with Gasteiger partial charge in [0.25, 0.3) is 5.91 Å². The zero-order chi connectivity index (χ0) is 14.8. The number of carbonyl (C=O) groups is 1. The molecule has 2 aromatic heterocycles. The Morgan fingerprint density at radius 3 is 2.95 bits per heavy atom. The van der Waals surface area contributed by atoms with Gasteiger partial charge < -0.3 is 11.1 Å². The van der Waals surface area contributed by atoms with Crippen molar-refractivity contribution >= 4 is 33.0 Å². The summed E-state index contributed by atoms with van der Waals surface area (Å²) in [6.45, 7) is 0.483. The third-order valence-corrected chi connectivity index (χ3v) is 4.31. The lowest BCUT2D eigenvalue weighted by Crippen LogP contribution is -2.25. The van der Waals surface area contributed by atoms with Crippen LogP contribution < -0.4 is 11.1 Å². The number of nitrogens with one attached hydrogen (secondary N) is 1. The van der Waals surface area contributed by atoms with Crippen molar-refractivity contribution in [2.45, 2.75) is 6.42 Å². The summed E-state index contributed by atoms with van der Waals surface area (Å²) >= 11 is 1.41. The number of nitrogen functional groups attached to an aromatic ring is 1. The van der Waals surface area contributed by atoms with Crippen LogP contribution in [0.4, 0.5) is 5.69 Å². The summed E-state index contributed by atoms with van der Waals surface area (Å²) in [4.78, 5) is 16.9. The Balaban J connectivity index is 1.68. The second-order valence-electron chi connectivity index (χ2n) is 4.68. The van der Waals surface area contributed by atoms with E-state index in [9.17, 15) is 4.79 Å². The summed E-state index contributed by atoms with van der Waals surface area (Å²) in [5.41, 5.74) is 6.59. The topological polar surface area (TPSA) is 85.8 Å². The Morgan fingerprint density at radius 1 is 1.43 bits per heavy atom. The van der Waals surface area contributed by atoms with Crippen LogP contribution in [0.5, 0.6) is 0 Å². The van der Waals surface area contributed by atoms with Crippen LogP contribution in [0.2, 0.25) is 0 Å². The summed E-state index contributed by atoms with van der Waals surface area (Å²) in [5.74, 6) is 0.562. The number of anilines is 1. The maximum absolute atomic E-state index is 12.2. The highest BCUT2D eigenvalue weighted by atomic mass is 32.1. The highest BCUT2D eigenvalue weighted by Gasteiger charge is 2.15. The van der Waals surface area contributed by atoms with E-state index in [1.165, 1.54) is 11.3 Å². The second kappa shape index (κ2) is 5.53. The first-order valence-electron chi connectivity index (χ1n) is 6.55. The average Bonchev–Trinajstić information content (AvgIpc) is 3.03. The van der Waals surface area contributed by atoms with Gasteiger partial charge in [-0.2, -0.15) is 5.10 Å². The predicted octanol–water partition coefficient (Wildman–Crippen LogP) is 1.58. The van der Waals surface area contributed by atoms with E-state index in [1.807, 2.05) is 31.3 Å². The Morgan fingerprint density at radius 2 is 2.24 bits per heavy atom. The summed E-state index contributed by atoms with van der Waals surface area (Å²) in [6, 6.07) is 7.74. The van der Waals surface area contributed by atoms with Crippen LogP contribution in [0, 0.1) is 0 Å². The molecule has 3 N–H and O–H groups in total. The predicted molar refractivity (Wildman–Crippen MR) is 83.3 cm³/mol. The molecule has 2 heterocycles. The van der Waals surface area contributed by atoms with Gasteiger partial charge in [-0.3, -0.25) is 9.48 Å². The molecule has 0 atom stereocenters. The number of fused-ring (bicyclic) bond motifs is 1. The van der Waals surface area contributed by atoms with Crippen molar-refractivity contribution in [3.05, 3.63) is 41.3 Å². The Kier molecular flexibility index (Phi) is 3.57. The molecule has 7 heteroatoms. The van der Waals surface area contributed by atoms with Crippen molar-refractivity contribution in [2.75, 3.05) is 12.3 Å². The largest absolute Gasteiger partial charge is 0.397 e. The first-order valence-corrected chi connectivity index (χ1v) is 7.36. The van der Waals surface area contributed by atoms with E-state index in [0.717, 1.165) is 10.1 Å². The normalized spacial score (nSPS) is 10.9. The minimum Gasteiger partial charge on any atom is -0.397 e. The van der Waals surface area contributed by atoms with Crippen LogP contribution in [-0.2, 0) is 13.5 Å². The van der Waals surface area contributed by atoms with Gasteiger partial charge in [0.2, 0.25) is 0 Å². The van der Waals surface area contributed by atoms with Crippen molar-refractivity contribution in [3.8, 4) is 0 Å². The second-order valence-corrected chi connectivity index (χ2v) is 5.73. The highest BCUT2D eigenvalue weighted by molar-refractivity contribution is 7.21. The summed E-state index contributed by atoms with van der Waals surface area (Å²) < 4.78 is 2.66. The molecule has 0 unspecified atom stereocenters. The Labute approximate surface area is 125 Å². The quantitative estimate of drug-likeness (QED) is 0.766. The molecule has 3 rings (SSSR count). The van der Waals surface area contributed by atoms with Gasteiger partial charge in [-0.15, -0.1) is 11.3 Å². The monoisotopic (exact) mass is 301 g/mol.